The van der Waals surface area contributed by atoms with E-state index in [1.807, 2.05) is 36.0 Å². The second-order valence-corrected chi connectivity index (χ2v) is 4.48. The molecule has 1 aliphatic rings. The molecule has 0 bridgehead atoms. The van der Waals surface area contributed by atoms with Crippen LogP contribution in [0.15, 0.2) is 24.3 Å². The molecule has 92 valence electrons. The van der Waals surface area contributed by atoms with E-state index in [-0.39, 0.29) is 5.91 Å². The molecule has 4 heteroatoms. The number of hydrogen-bond acceptors (Lipinski definition) is 3. The lowest BCUT2D eigenvalue weighted by Crippen LogP contribution is -2.48. The Labute approximate surface area is 102 Å². The van der Waals surface area contributed by atoms with Crippen molar-refractivity contribution in [1.82, 2.24) is 10.2 Å². The van der Waals surface area contributed by atoms with Gasteiger partial charge in [-0.1, -0.05) is 12.1 Å². The van der Waals surface area contributed by atoms with E-state index >= 15 is 0 Å². The van der Waals surface area contributed by atoms with Crippen molar-refractivity contribution >= 4 is 11.6 Å². The zero-order chi connectivity index (χ0) is 12.3. The topological polar surface area (TPSA) is 35.6 Å². The molecular formula is C13H19N3O. The van der Waals surface area contributed by atoms with Crippen LogP contribution in [0.4, 0.5) is 5.69 Å². The summed E-state index contributed by atoms with van der Waals surface area (Å²) in [4.78, 5) is 15.8. The summed E-state index contributed by atoms with van der Waals surface area (Å²) in [6, 6.07) is 8.18. The Hall–Kier alpha value is -1.39. The molecule has 0 atom stereocenters. The van der Waals surface area contributed by atoms with Crippen LogP contribution in [-0.4, -0.2) is 44.5 Å². The molecule has 4 nitrogen and oxygen atoms in total. The zero-order valence-electron chi connectivity index (χ0n) is 10.4. The van der Waals surface area contributed by atoms with Crippen molar-refractivity contribution in [2.45, 2.75) is 6.54 Å². The van der Waals surface area contributed by atoms with Crippen molar-refractivity contribution in [2.24, 2.45) is 0 Å². The summed E-state index contributed by atoms with van der Waals surface area (Å²) >= 11 is 0. The van der Waals surface area contributed by atoms with Crippen LogP contribution in [0.5, 0.6) is 0 Å². The van der Waals surface area contributed by atoms with Crippen LogP contribution in [-0.2, 0) is 11.3 Å². The van der Waals surface area contributed by atoms with Crippen molar-refractivity contribution in [2.75, 3.05) is 38.6 Å². The number of carbonyl (C=O) groups is 1. The van der Waals surface area contributed by atoms with Gasteiger partial charge in [0.15, 0.2) is 0 Å². The van der Waals surface area contributed by atoms with Crippen LogP contribution in [0.2, 0.25) is 0 Å². The van der Waals surface area contributed by atoms with Crippen molar-refractivity contribution in [3.05, 3.63) is 29.8 Å². The highest BCUT2D eigenvalue weighted by atomic mass is 16.2. The Kier molecular flexibility index (Phi) is 3.76. The van der Waals surface area contributed by atoms with E-state index in [1.165, 1.54) is 5.56 Å². The summed E-state index contributed by atoms with van der Waals surface area (Å²) in [6.45, 7) is 3.08. The number of amides is 1. The third-order valence-electron chi connectivity index (χ3n) is 3.04. The SMILES string of the molecule is CNCc1ccc(N2CCN(C)CC2=O)cc1. The highest BCUT2D eigenvalue weighted by Gasteiger charge is 2.22. The number of piperazine rings is 1. The van der Waals surface area contributed by atoms with Crippen molar-refractivity contribution in [3.63, 3.8) is 0 Å². The molecule has 17 heavy (non-hydrogen) atoms. The number of nitrogens with zero attached hydrogens (tertiary/aromatic N) is 2. The van der Waals surface area contributed by atoms with E-state index in [4.69, 9.17) is 0 Å². The minimum atomic E-state index is 0.181. The molecule has 2 rings (SSSR count). The van der Waals surface area contributed by atoms with E-state index in [1.54, 1.807) is 0 Å². The molecule has 1 aromatic carbocycles. The standard InChI is InChI=1S/C13H19N3O/c1-14-9-11-3-5-12(6-4-11)16-8-7-15(2)10-13(16)17/h3-6,14H,7-10H2,1-2H3. The average molecular weight is 233 g/mol. The number of likely N-dealkylation sites (N-methyl/N-ethyl adjacent to an activating group) is 1. The van der Waals surface area contributed by atoms with E-state index in [0.717, 1.165) is 25.3 Å². The number of carbonyl (C=O) groups excluding carboxylic acids is 1. The van der Waals surface area contributed by atoms with Gasteiger partial charge in [-0.3, -0.25) is 9.69 Å². The molecule has 0 saturated carbocycles. The third-order valence-corrected chi connectivity index (χ3v) is 3.04. The number of anilines is 1. The molecule has 1 heterocycles. The lowest BCUT2D eigenvalue weighted by molar-refractivity contribution is -0.120. The Morgan fingerprint density at radius 2 is 1.94 bits per heavy atom. The van der Waals surface area contributed by atoms with Crippen LogP contribution < -0.4 is 10.2 Å². The van der Waals surface area contributed by atoms with Gasteiger partial charge in [-0.05, 0) is 31.8 Å². The predicted molar refractivity (Wildman–Crippen MR) is 69.1 cm³/mol. The van der Waals surface area contributed by atoms with Crippen LogP contribution in [0.25, 0.3) is 0 Å². The first-order valence-corrected chi connectivity index (χ1v) is 5.93. The molecule has 0 radical (unpaired) electrons. The Balaban J connectivity index is 2.09. The number of nitrogens with one attached hydrogen (secondary N) is 1. The number of benzene rings is 1. The second-order valence-electron chi connectivity index (χ2n) is 4.48. The molecule has 0 aromatic heterocycles. The molecule has 1 fully saturated rings. The lowest BCUT2D eigenvalue weighted by atomic mass is 10.2. The van der Waals surface area contributed by atoms with E-state index in [9.17, 15) is 4.79 Å². The highest BCUT2D eigenvalue weighted by molar-refractivity contribution is 5.95. The molecule has 1 aliphatic heterocycles. The Bertz CT molecular complexity index is 388. The Morgan fingerprint density at radius 1 is 1.24 bits per heavy atom. The quantitative estimate of drug-likeness (QED) is 0.834. The van der Waals surface area contributed by atoms with Gasteiger partial charge in [0.1, 0.15) is 0 Å². The number of hydrogen-bond donors (Lipinski definition) is 1. The largest absolute Gasteiger partial charge is 0.316 e. The van der Waals surface area contributed by atoms with E-state index in [0.29, 0.717) is 6.54 Å². The number of rotatable bonds is 3. The van der Waals surface area contributed by atoms with Crippen LogP contribution in [0.1, 0.15) is 5.56 Å². The smallest absolute Gasteiger partial charge is 0.241 e. The normalized spacial score (nSPS) is 17.5. The predicted octanol–water partition coefficient (Wildman–Crippen LogP) is 0.684. The van der Waals surface area contributed by atoms with Gasteiger partial charge < -0.3 is 10.2 Å². The maximum atomic E-state index is 11.9. The molecule has 1 aromatic rings. The van der Waals surface area contributed by atoms with Crippen molar-refractivity contribution < 1.29 is 4.79 Å². The fourth-order valence-electron chi connectivity index (χ4n) is 2.06. The van der Waals surface area contributed by atoms with Gasteiger partial charge in [-0.25, -0.2) is 0 Å². The van der Waals surface area contributed by atoms with Crippen LogP contribution >= 0.6 is 0 Å². The van der Waals surface area contributed by atoms with Crippen LogP contribution in [0, 0.1) is 0 Å². The maximum Gasteiger partial charge on any atom is 0.241 e. The summed E-state index contributed by atoms with van der Waals surface area (Å²) in [5, 5.41) is 3.11. The van der Waals surface area contributed by atoms with Gasteiger partial charge in [-0.2, -0.15) is 0 Å². The molecular weight excluding hydrogens is 214 g/mol. The van der Waals surface area contributed by atoms with Gasteiger partial charge in [0, 0.05) is 25.3 Å². The molecule has 0 spiro atoms. The van der Waals surface area contributed by atoms with Gasteiger partial charge in [0.2, 0.25) is 5.91 Å². The summed E-state index contributed by atoms with van der Waals surface area (Å²) in [5.74, 6) is 0.181. The zero-order valence-corrected chi connectivity index (χ0v) is 10.4. The summed E-state index contributed by atoms with van der Waals surface area (Å²) in [7, 11) is 3.91. The maximum absolute atomic E-state index is 11.9. The average Bonchev–Trinajstić information content (AvgIpc) is 2.31. The van der Waals surface area contributed by atoms with Gasteiger partial charge in [0.05, 0.1) is 6.54 Å². The van der Waals surface area contributed by atoms with Crippen molar-refractivity contribution in [3.8, 4) is 0 Å². The van der Waals surface area contributed by atoms with E-state index in [2.05, 4.69) is 17.4 Å². The monoisotopic (exact) mass is 233 g/mol. The first-order valence-electron chi connectivity index (χ1n) is 5.93. The fraction of sp³-hybridized carbons (Fsp3) is 0.462. The molecule has 0 aliphatic carbocycles. The fourth-order valence-corrected chi connectivity index (χ4v) is 2.06. The summed E-state index contributed by atoms with van der Waals surface area (Å²) < 4.78 is 0. The second kappa shape index (κ2) is 5.29. The lowest BCUT2D eigenvalue weighted by Gasteiger charge is -2.32. The minimum absolute atomic E-state index is 0.181. The molecule has 1 saturated heterocycles. The minimum Gasteiger partial charge on any atom is -0.316 e. The van der Waals surface area contributed by atoms with Crippen LogP contribution in [0.3, 0.4) is 0 Å². The Morgan fingerprint density at radius 3 is 2.53 bits per heavy atom. The molecule has 0 unspecified atom stereocenters. The van der Waals surface area contributed by atoms with Gasteiger partial charge in [0.25, 0.3) is 0 Å². The van der Waals surface area contributed by atoms with Gasteiger partial charge >= 0.3 is 0 Å². The molecule has 1 amide bonds. The summed E-state index contributed by atoms with van der Waals surface area (Å²) in [6.07, 6.45) is 0. The van der Waals surface area contributed by atoms with Crippen molar-refractivity contribution in [1.29, 1.82) is 0 Å². The first kappa shape index (κ1) is 12.1. The molecule has 1 N–H and O–H groups in total. The van der Waals surface area contributed by atoms with E-state index < -0.39 is 0 Å². The first-order chi connectivity index (χ1) is 8.20. The third kappa shape index (κ3) is 2.84. The highest BCUT2D eigenvalue weighted by Crippen LogP contribution is 2.17. The van der Waals surface area contributed by atoms with Gasteiger partial charge in [-0.15, -0.1) is 0 Å². The summed E-state index contributed by atoms with van der Waals surface area (Å²) in [5.41, 5.74) is 2.24.